The van der Waals surface area contributed by atoms with Gasteiger partial charge in [0, 0.05) is 13.1 Å². The van der Waals surface area contributed by atoms with Gasteiger partial charge in [0.15, 0.2) is 0 Å². The smallest absolute Gasteiger partial charge is 0.240 e. The van der Waals surface area contributed by atoms with E-state index in [0.29, 0.717) is 17.4 Å². The molecule has 0 amide bonds. The first-order valence-corrected chi connectivity index (χ1v) is 7.67. The van der Waals surface area contributed by atoms with E-state index in [-0.39, 0.29) is 0 Å². The fourth-order valence-electron chi connectivity index (χ4n) is 1.56. The first-order valence-electron chi connectivity index (χ1n) is 6.19. The second-order valence-corrected chi connectivity index (χ2v) is 6.52. The summed E-state index contributed by atoms with van der Waals surface area (Å²) in [6.07, 6.45) is 0.844. The summed E-state index contributed by atoms with van der Waals surface area (Å²) in [7, 11) is -1.50. The number of nitrogens with one attached hydrogen (secondary N) is 2. The van der Waals surface area contributed by atoms with E-state index in [9.17, 15) is 8.42 Å². The molecule has 0 aliphatic rings. The van der Waals surface area contributed by atoms with Crippen molar-refractivity contribution in [3.05, 3.63) is 29.8 Å². The molecule has 1 rings (SSSR count). The molecule has 0 heterocycles. The van der Waals surface area contributed by atoms with Gasteiger partial charge in [-0.1, -0.05) is 26.0 Å². The molecule has 0 atom stereocenters. The van der Waals surface area contributed by atoms with Crippen molar-refractivity contribution in [3.8, 4) is 0 Å². The van der Waals surface area contributed by atoms with Crippen molar-refractivity contribution in [3.63, 3.8) is 0 Å². The molecule has 5 heteroatoms. The zero-order valence-electron chi connectivity index (χ0n) is 11.2. The van der Waals surface area contributed by atoms with E-state index in [2.05, 4.69) is 23.9 Å². The van der Waals surface area contributed by atoms with Gasteiger partial charge in [-0.05, 0) is 37.1 Å². The van der Waals surface area contributed by atoms with Crippen LogP contribution >= 0.6 is 0 Å². The average molecular weight is 270 g/mol. The number of sulfonamides is 1. The van der Waals surface area contributed by atoms with Crippen LogP contribution in [0.2, 0.25) is 0 Å². The summed E-state index contributed by atoms with van der Waals surface area (Å²) >= 11 is 0. The van der Waals surface area contributed by atoms with Gasteiger partial charge in [0.25, 0.3) is 0 Å². The molecule has 102 valence electrons. The minimum atomic E-state index is -3.36. The molecule has 0 aliphatic heterocycles. The minimum absolute atomic E-state index is 0.325. The molecule has 0 unspecified atom stereocenters. The van der Waals surface area contributed by atoms with Gasteiger partial charge in [-0.2, -0.15) is 0 Å². The van der Waals surface area contributed by atoms with E-state index in [1.54, 1.807) is 12.1 Å². The first kappa shape index (κ1) is 15.1. The number of benzene rings is 1. The predicted octanol–water partition coefficient (Wildman–Crippen LogP) is 1.73. The fraction of sp³-hybridized carbons (Fsp3) is 0.538. The molecule has 0 aliphatic carbocycles. The monoisotopic (exact) mass is 270 g/mol. The molecular formula is C13H22N2O2S. The highest BCUT2D eigenvalue weighted by Crippen LogP contribution is 2.10. The Balaban J connectivity index is 2.67. The third kappa shape index (κ3) is 4.76. The minimum Gasteiger partial charge on any atom is -0.316 e. The van der Waals surface area contributed by atoms with Crippen LogP contribution in [-0.2, 0) is 16.6 Å². The van der Waals surface area contributed by atoms with Crippen LogP contribution in [0.1, 0.15) is 25.8 Å². The molecule has 18 heavy (non-hydrogen) atoms. The van der Waals surface area contributed by atoms with Crippen LogP contribution in [0, 0.1) is 5.92 Å². The Morgan fingerprint density at radius 1 is 1.17 bits per heavy atom. The average Bonchev–Trinajstić information content (AvgIpc) is 2.29. The quantitative estimate of drug-likeness (QED) is 0.793. The Hall–Kier alpha value is -0.910. The van der Waals surface area contributed by atoms with Crippen LogP contribution in [0.15, 0.2) is 29.2 Å². The molecule has 0 bridgehead atoms. The number of rotatable bonds is 7. The van der Waals surface area contributed by atoms with E-state index >= 15 is 0 Å². The normalized spacial score (nSPS) is 12.0. The van der Waals surface area contributed by atoms with Crippen molar-refractivity contribution in [2.24, 2.45) is 5.92 Å². The van der Waals surface area contributed by atoms with Crippen LogP contribution in [0.3, 0.4) is 0 Å². The molecule has 0 saturated heterocycles. The maximum atomic E-state index is 12.0. The summed E-state index contributed by atoms with van der Waals surface area (Å²) in [6, 6.07) is 6.94. The maximum Gasteiger partial charge on any atom is 0.240 e. The van der Waals surface area contributed by atoms with Crippen LogP contribution in [0.5, 0.6) is 0 Å². The molecule has 1 aromatic carbocycles. The lowest BCUT2D eigenvalue weighted by atomic mass is 10.1. The Morgan fingerprint density at radius 2 is 1.78 bits per heavy atom. The summed E-state index contributed by atoms with van der Waals surface area (Å²) in [5.74, 6) is 0.491. The lowest BCUT2D eigenvalue weighted by Crippen LogP contribution is -2.25. The molecule has 0 spiro atoms. The molecule has 2 N–H and O–H groups in total. The van der Waals surface area contributed by atoms with Gasteiger partial charge in [0.2, 0.25) is 10.0 Å². The van der Waals surface area contributed by atoms with Crippen molar-refractivity contribution in [2.75, 3.05) is 13.6 Å². The SMILES string of the molecule is CNCc1ccc(S(=O)(=O)NCCC(C)C)cc1. The van der Waals surface area contributed by atoms with E-state index < -0.39 is 10.0 Å². The van der Waals surface area contributed by atoms with Crippen molar-refractivity contribution < 1.29 is 8.42 Å². The third-order valence-electron chi connectivity index (χ3n) is 2.63. The van der Waals surface area contributed by atoms with Gasteiger partial charge in [-0.3, -0.25) is 0 Å². The molecular weight excluding hydrogens is 248 g/mol. The number of hydrogen-bond acceptors (Lipinski definition) is 3. The standard InChI is InChI=1S/C13H22N2O2S/c1-11(2)8-9-15-18(16,17)13-6-4-12(5-7-13)10-14-3/h4-7,11,14-15H,8-10H2,1-3H3. The van der Waals surface area contributed by atoms with Gasteiger partial charge < -0.3 is 5.32 Å². The molecule has 4 nitrogen and oxygen atoms in total. The Labute approximate surface area is 110 Å². The van der Waals surface area contributed by atoms with Crippen LogP contribution in [0.25, 0.3) is 0 Å². The van der Waals surface area contributed by atoms with Gasteiger partial charge in [-0.15, -0.1) is 0 Å². The lowest BCUT2D eigenvalue weighted by Gasteiger charge is -2.09. The van der Waals surface area contributed by atoms with E-state index in [4.69, 9.17) is 0 Å². The van der Waals surface area contributed by atoms with Crippen LogP contribution < -0.4 is 10.0 Å². The summed E-state index contributed by atoms with van der Waals surface area (Å²) in [5, 5.41) is 3.02. The van der Waals surface area contributed by atoms with E-state index in [1.165, 1.54) is 0 Å². The maximum absolute atomic E-state index is 12.0. The van der Waals surface area contributed by atoms with E-state index in [0.717, 1.165) is 18.5 Å². The zero-order valence-corrected chi connectivity index (χ0v) is 12.0. The van der Waals surface area contributed by atoms with Crippen LogP contribution in [0.4, 0.5) is 0 Å². The van der Waals surface area contributed by atoms with Crippen LogP contribution in [-0.4, -0.2) is 22.0 Å². The lowest BCUT2D eigenvalue weighted by molar-refractivity contribution is 0.551. The highest BCUT2D eigenvalue weighted by atomic mass is 32.2. The molecule has 0 aromatic heterocycles. The first-order chi connectivity index (χ1) is 8.45. The largest absolute Gasteiger partial charge is 0.316 e. The number of hydrogen-bond donors (Lipinski definition) is 2. The highest BCUT2D eigenvalue weighted by molar-refractivity contribution is 7.89. The molecule has 1 aromatic rings. The molecule has 0 radical (unpaired) electrons. The highest BCUT2D eigenvalue weighted by Gasteiger charge is 2.12. The van der Waals surface area contributed by atoms with Crippen molar-refractivity contribution >= 4 is 10.0 Å². The Kier molecular flexibility index (Phi) is 5.78. The van der Waals surface area contributed by atoms with E-state index in [1.807, 2.05) is 19.2 Å². The second kappa shape index (κ2) is 6.87. The molecule has 0 fully saturated rings. The molecule has 0 saturated carbocycles. The van der Waals surface area contributed by atoms with Gasteiger partial charge in [-0.25, -0.2) is 13.1 Å². The topological polar surface area (TPSA) is 58.2 Å². The third-order valence-corrected chi connectivity index (χ3v) is 4.11. The summed E-state index contributed by atoms with van der Waals surface area (Å²) in [5.41, 5.74) is 1.07. The van der Waals surface area contributed by atoms with Gasteiger partial charge in [0.1, 0.15) is 0 Å². The summed E-state index contributed by atoms with van der Waals surface area (Å²) in [4.78, 5) is 0.325. The fourth-order valence-corrected chi connectivity index (χ4v) is 2.60. The zero-order chi connectivity index (χ0) is 13.6. The van der Waals surface area contributed by atoms with Gasteiger partial charge >= 0.3 is 0 Å². The summed E-state index contributed by atoms with van der Waals surface area (Å²) < 4.78 is 26.5. The summed E-state index contributed by atoms with van der Waals surface area (Å²) in [6.45, 7) is 5.36. The van der Waals surface area contributed by atoms with Crippen molar-refractivity contribution in [1.82, 2.24) is 10.0 Å². The Morgan fingerprint density at radius 3 is 2.28 bits per heavy atom. The predicted molar refractivity (Wildman–Crippen MR) is 73.8 cm³/mol. The Bertz CT molecular complexity index is 452. The van der Waals surface area contributed by atoms with Crippen molar-refractivity contribution in [1.29, 1.82) is 0 Å². The van der Waals surface area contributed by atoms with Gasteiger partial charge in [0.05, 0.1) is 4.90 Å². The second-order valence-electron chi connectivity index (χ2n) is 4.75. The van der Waals surface area contributed by atoms with Crippen molar-refractivity contribution in [2.45, 2.75) is 31.7 Å².